The van der Waals surface area contributed by atoms with Gasteiger partial charge in [-0.25, -0.2) is 0 Å². The third kappa shape index (κ3) is 8.96. The van der Waals surface area contributed by atoms with Crippen molar-refractivity contribution in [3.8, 4) is 33.4 Å². The predicted octanol–water partition coefficient (Wildman–Crippen LogP) is 14.7. The Morgan fingerprint density at radius 3 is 1.97 bits per heavy atom. The fraction of sp³-hybridized carbons (Fsp3) is 0.0179. The lowest BCUT2D eigenvalue weighted by molar-refractivity contribution is 1.41. The fourth-order valence-electron chi connectivity index (χ4n) is 7.31. The molecule has 1 heterocycles. The molecule has 0 saturated carbocycles. The van der Waals surface area contributed by atoms with Gasteiger partial charge in [-0.05, 0) is 99.8 Å². The van der Waals surface area contributed by atoms with Gasteiger partial charge in [0, 0.05) is 34.5 Å². The van der Waals surface area contributed by atoms with E-state index in [4.69, 9.17) is 9.98 Å². The molecule has 1 aliphatic carbocycles. The third-order valence-electron chi connectivity index (χ3n) is 10.3. The highest BCUT2D eigenvalue weighted by Gasteiger charge is 2.13. The molecule has 0 spiro atoms. The molecule has 1 aromatic heterocycles. The van der Waals surface area contributed by atoms with Crippen molar-refractivity contribution in [1.82, 2.24) is 4.98 Å². The van der Waals surface area contributed by atoms with Crippen molar-refractivity contribution in [2.75, 3.05) is 0 Å². The number of hydrogen-bond donors (Lipinski definition) is 0. The van der Waals surface area contributed by atoms with E-state index in [1.807, 2.05) is 67.9 Å². The molecule has 0 saturated heterocycles. The molecule has 7 aromatic rings. The predicted molar refractivity (Wildman–Crippen MR) is 255 cm³/mol. The summed E-state index contributed by atoms with van der Waals surface area (Å²) >= 11 is 0. The number of aliphatic imine (C=N–C) groups is 2. The highest BCUT2D eigenvalue weighted by atomic mass is 14.7. The van der Waals surface area contributed by atoms with Crippen LogP contribution in [0.2, 0.25) is 0 Å². The minimum atomic E-state index is 0.719. The largest absolute Gasteiger partial charge is 0.264 e. The first-order valence-corrected chi connectivity index (χ1v) is 19.8. The van der Waals surface area contributed by atoms with E-state index in [1.54, 1.807) is 0 Å². The van der Waals surface area contributed by atoms with E-state index in [0.717, 1.165) is 77.9 Å². The van der Waals surface area contributed by atoms with Crippen LogP contribution in [-0.4, -0.2) is 17.4 Å². The first-order valence-electron chi connectivity index (χ1n) is 19.8. The molecular formula is C56H43N3. The zero-order chi connectivity index (χ0) is 40.2. The van der Waals surface area contributed by atoms with Gasteiger partial charge in [0.15, 0.2) is 0 Å². The molecule has 0 atom stereocenters. The zero-order valence-corrected chi connectivity index (χ0v) is 33.0. The van der Waals surface area contributed by atoms with Gasteiger partial charge in [-0.3, -0.25) is 15.0 Å². The smallest absolute Gasteiger partial charge is 0.0780 e. The van der Waals surface area contributed by atoms with E-state index in [1.165, 1.54) is 10.8 Å². The summed E-state index contributed by atoms with van der Waals surface area (Å²) in [6.07, 6.45) is 24.2. The second-order valence-corrected chi connectivity index (χ2v) is 14.1. The van der Waals surface area contributed by atoms with Gasteiger partial charge in [0.2, 0.25) is 0 Å². The molecule has 8 rings (SSSR count). The van der Waals surface area contributed by atoms with Crippen LogP contribution in [0.5, 0.6) is 0 Å². The number of allylic oxidation sites excluding steroid dienone is 8. The summed E-state index contributed by atoms with van der Waals surface area (Å²) in [5.74, 6) is 0. The summed E-state index contributed by atoms with van der Waals surface area (Å²) in [7, 11) is 0. The fourth-order valence-corrected chi connectivity index (χ4v) is 7.31. The quantitative estimate of drug-likeness (QED) is 0.101. The molecule has 0 aliphatic heterocycles. The monoisotopic (exact) mass is 757 g/mol. The third-order valence-corrected chi connectivity index (χ3v) is 10.3. The SMILES string of the molecule is C=N\C(=C/C(=N/C=C\C=C/C=C/C)c1cc(-c2cccc3c4ccccc4c(cc2)/C=C\C=C/3)cc(-c2cccc3cccnc23)c1)c1ccc(-c2ccccc2)cc1. The van der Waals surface area contributed by atoms with E-state index in [0.29, 0.717) is 0 Å². The highest BCUT2D eigenvalue weighted by molar-refractivity contribution is 6.14. The van der Waals surface area contributed by atoms with E-state index in [-0.39, 0.29) is 0 Å². The van der Waals surface area contributed by atoms with Crippen molar-refractivity contribution in [3.05, 3.63) is 241 Å². The van der Waals surface area contributed by atoms with Gasteiger partial charge in [0.25, 0.3) is 0 Å². The van der Waals surface area contributed by atoms with Crippen LogP contribution in [0.4, 0.5) is 0 Å². The summed E-state index contributed by atoms with van der Waals surface area (Å²) < 4.78 is 0. The van der Waals surface area contributed by atoms with Gasteiger partial charge in [-0.1, -0.05) is 182 Å². The number of pyridine rings is 1. The molecule has 59 heavy (non-hydrogen) atoms. The van der Waals surface area contributed by atoms with E-state index >= 15 is 0 Å². The summed E-state index contributed by atoms with van der Waals surface area (Å²) in [4.78, 5) is 14.5. The molecule has 0 radical (unpaired) electrons. The average Bonchev–Trinajstić information content (AvgIpc) is 3.28. The van der Waals surface area contributed by atoms with Gasteiger partial charge < -0.3 is 0 Å². The normalized spacial score (nSPS) is 13.8. The molecule has 0 amide bonds. The maximum absolute atomic E-state index is 5.10. The van der Waals surface area contributed by atoms with Crippen molar-refractivity contribution in [3.63, 3.8) is 0 Å². The Hall–Kier alpha value is -7.75. The number of nitrogens with zero attached hydrogens (tertiary/aromatic N) is 3. The molecule has 2 bridgehead atoms. The molecule has 0 fully saturated rings. The van der Waals surface area contributed by atoms with E-state index in [9.17, 15) is 0 Å². The lowest BCUT2D eigenvalue weighted by Gasteiger charge is -2.13. The van der Waals surface area contributed by atoms with Gasteiger partial charge in [0.1, 0.15) is 0 Å². The van der Waals surface area contributed by atoms with Crippen LogP contribution in [0.1, 0.15) is 29.2 Å². The Bertz CT molecular complexity index is 2930. The summed E-state index contributed by atoms with van der Waals surface area (Å²) in [6, 6.07) is 55.5. The number of hydrogen-bond acceptors (Lipinski definition) is 3. The summed E-state index contributed by atoms with van der Waals surface area (Å²) in [6.45, 7) is 6.01. The van der Waals surface area contributed by atoms with Crippen LogP contribution in [0.3, 0.4) is 0 Å². The van der Waals surface area contributed by atoms with Crippen LogP contribution >= 0.6 is 0 Å². The molecule has 3 heteroatoms. The maximum atomic E-state index is 5.10. The number of benzene rings is 5. The Labute approximate surface area is 346 Å². The highest BCUT2D eigenvalue weighted by Crippen LogP contribution is 2.34. The Morgan fingerprint density at radius 2 is 1.19 bits per heavy atom. The molecule has 0 unspecified atom stereocenters. The number of para-hydroxylation sites is 1. The van der Waals surface area contributed by atoms with Crippen LogP contribution in [0.15, 0.2) is 229 Å². The Kier molecular flexibility index (Phi) is 11.9. The standard InChI is InChI=1S/C56H43N3/c1-3-4-5-6-14-35-58-55(40-54(57-2)46-33-30-43(31-34-46)41-18-8-7-9-19-41)50-38-48(37-49(39-50)53-28-16-24-47-25-17-36-59-56(47)53)42-22-15-23-44-20-10-11-21-45(32-29-42)52-27-13-12-26-51(44)52/h3-40H,2H2,1H3/b4-3+,6-5-,11-10?,20-10-,21-11-,22-15?,23-15?,32-29?,35-14-,42-22?,42-29?,44-20?,44-23?,45-21?,45-32?,51-44?,52-45?,54-40-,58-55-. The van der Waals surface area contributed by atoms with Crippen LogP contribution < -0.4 is 0 Å². The van der Waals surface area contributed by atoms with E-state index in [2.05, 4.69) is 182 Å². The summed E-state index contributed by atoms with van der Waals surface area (Å²) in [5, 5.41) is 3.48. The van der Waals surface area contributed by atoms with Crippen LogP contribution in [0, 0.1) is 0 Å². The molecule has 3 nitrogen and oxygen atoms in total. The zero-order valence-electron chi connectivity index (χ0n) is 33.0. The lowest BCUT2D eigenvalue weighted by atomic mass is 9.92. The lowest BCUT2D eigenvalue weighted by Crippen LogP contribution is -2.00. The van der Waals surface area contributed by atoms with Gasteiger partial charge >= 0.3 is 0 Å². The Balaban J connectivity index is 1.34. The first-order chi connectivity index (χ1) is 29.2. The molecule has 6 aromatic carbocycles. The van der Waals surface area contributed by atoms with Crippen molar-refractivity contribution in [2.24, 2.45) is 9.98 Å². The minimum Gasteiger partial charge on any atom is -0.264 e. The van der Waals surface area contributed by atoms with Gasteiger partial charge in [0.05, 0.1) is 16.9 Å². The maximum Gasteiger partial charge on any atom is 0.0780 e. The number of fused-ring (bicyclic) bond motifs is 1. The van der Waals surface area contributed by atoms with Crippen LogP contribution in [-0.2, 0) is 0 Å². The van der Waals surface area contributed by atoms with Crippen molar-refractivity contribution in [2.45, 2.75) is 6.92 Å². The molecule has 0 N–H and O–H groups in total. The number of aromatic nitrogens is 1. The van der Waals surface area contributed by atoms with Crippen molar-refractivity contribution < 1.29 is 0 Å². The molecule has 282 valence electrons. The average molecular weight is 758 g/mol. The minimum absolute atomic E-state index is 0.719. The molecular weight excluding hydrogens is 715 g/mol. The number of rotatable bonds is 10. The first kappa shape index (κ1) is 38.1. The topological polar surface area (TPSA) is 37.6 Å². The Morgan fingerprint density at radius 1 is 0.542 bits per heavy atom. The van der Waals surface area contributed by atoms with Gasteiger partial charge in [-0.2, -0.15) is 0 Å². The van der Waals surface area contributed by atoms with Crippen molar-refractivity contribution >= 4 is 52.0 Å². The second-order valence-electron chi connectivity index (χ2n) is 14.1. The van der Waals surface area contributed by atoms with Gasteiger partial charge in [-0.15, -0.1) is 0 Å². The summed E-state index contributed by atoms with van der Waals surface area (Å²) in [5.41, 5.74) is 13.0. The molecule has 1 aliphatic rings. The second kappa shape index (κ2) is 18.5. The van der Waals surface area contributed by atoms with E-state index < -0.39 is 0 Å². The van der Waals surface area contributed by atoms with Crippen molar-refractivity contribution in [1.29, 1.82) is 0 Å². The van der Waals surface area contributed by atoms with Crippen LogP contribution in [0.25, 0.3) is 72.9 Å².